The fourth-order valence-electron chi connectivity index (χ4n) is 3.87. The number of hydrogen-bond acceptors (Lipinski definition) is 7. The van der Waals surface area contributed by atoms with Crippen molar-refractivity contribution in [3.05, 3.63) is 64.5 Å². The largest absolute Gasteiger partial charge is 0.313 e. The van der Waals surface area contributed by atoms with Crippen LogP contribution < -0.4 is 5.32 Å². The fourth-order valence-corrected chi connectivity index (χ4v) is 6.97. The van der Waals surface area contributed by atoms with Crippen LogP contribution in [0.5, 0.6) is 0 Å². The lowest BCUT2D eigenvalue weighted by Crippen LogP contribution is -2.25. The van der Waals surface area contributed by atoms with E-state index in [-0.39, 0.29) is 10.8 Å². The monoisotopic (exact) mass is 483 g/mol. The zero-order valence-electron chi connectivity index (χ0n) is 17.6. The quantitative estimate of drug-likeness (QED) is 0.456. The lowest BCUT2D eigenvalue weighted by molar-refractivity contribution is 0.102. The number of rotatable bonds is 4. The normalized spacial score (nSPS) is 14.4. The number of thiazole rings is 1. The van der Waals surface area contributed by atoms with Crippen LogP contribution in [0.25, 0.3) is 20.8 Å². The number of likely N-dealkylation sites (N-methyl/N-ethyl adjacent to an activating group) is 1. The van der Waals surface area contributed by atoms with Crippen molar-refractivity contribution in [3.63, 3.8) is 0 Å². The van der Waals surface area contributed by atoms with Gasteiger partial charge in [0.15, 0.2) is 9.84 Å². The molecule has 5 rings (SSSR count). The molecule has 0 spiro atoms. The van der Waals surface area contributed by atoms with Crippen molar-refractivity contribution >= 4 is 53.6 Å². The first-order valence-corrected chi connectivity index (χ1v) is 13.6. The molecular formula is C23H21N3O3S3. The van der Waals surface area contributed by atoms with Crippen LogP contribution >= 0.6 is 22.7 Å². The Balaban J connectivity index is 1.57. The number of nitrogens with zero attached hydrogens (tertiary/aromatic N) is 2. The maximum absolute atomic E-state index is 13.1. The Morgan fingerprint density at radius 1 is 1.12 bits per heavy atom. The second-order valence-corrected chi connectivity index (χ2v) is 12.1. The number of amides is 1. The van der Waals surface area contributed by atoms with Gasteiger partial charge in [0.05, 0.1) is 15.1 Å². The maximum atomic E-state index is 13.1. The summed E-state index contributed by atoms with van der Waals surface area (Å²) >= 11 is 3.20. The first kappa shape index (κ1) is 21.3. The van der Waals surface area contributed by atoms with Crippen molar-refractivity contribution in [2.24, 2.45) is 0 Å². The summed E-state index contributed by atoms with van der Waals surface area (Å²) < 4.78 is 24.9. The van der Waals surface area contributed by atoms with Crippen LogP contribution in [-0.2, 0) is 22.8 Å². The zero-order valence-corrected chi connectivity index (χ0v) is 20.0. The van der Waals surface area contributed by atoms with Crippen LogP contribution in [0, 0.1) is 0 Å². The molecule has 0 aliphatic carbocycles. The van der Waals surface area contributed by atoms with Gasteiger partial charge in [-0.25, -0.2) is 13.4 Å². The van der Waals surface area contributed by atoms with Crippen molar-refractivity contribution in [2.45, 2.75) is 17.9 Å². The van der Waals surface area contributed by atoms with Gasteiger partial charge in [-0.05, 0) is 49.4 Å². The molecule has 2 aromatic heterocycles. The molecule has 0 atom stereocenters. The van der Waals surface area contributed by atoms with Crippen molar-refractivity contribution in [3.8, 4) is 10.6 Å². The highest BCUT2D eigenvalue weighted by Crippen LogP contribution is 2.45. The molecule has 1 aliphatic heterocycles. The van der Waals surface area contributed by atoms with Gasteiger partial charge in [0.2, 0.25) is 0 Å². The minimum absolute atomic E-state index is 0.128. The number of sulfone groups is 1. The topological polar surface area (TPSA) is 79.4 Å². The highest BCUT2D eigenvalue weighted by molar-refractivity contribution is 7.90. The highest BCUT2D eigenvalue weighted by atomic mass is 32.2. The molecule has 0 fully saturated rings. The highest BCUT2D eigenvalue weighted by Gasteiger charge is 2.27. The molecule has 1 amide bonds. The third-order valence-electron chi connectivity index (χ3n) is 5.51. The molecule has 32 heavy (non-hydrogen) atoms. The number of carbonyl (C=O) groups is 1. The zero-order chi connectivity index (χ0) is 22.5. The van der Waals surface area contributed by atoms with E-state index in [1.54, 1.807) is 34.8 Å². The molecule has 3 heterocycles. The predicted molar refractivity (Wildman–Crippen MR) is 130 cm³/mol. The van der Waals surface area contributed by atoms with Crippen molar-refractivity contribution in [1.29, 1.82) is 0 Å². The van der Waals surface area contributed by atoms with E-state index in [9.17, 15) is 13.2 Å². The standard InChI is InChI=1S/C23H21N3O3S3/c1-26-11-10-16-19(13-26)31-23(20(16)22-24-17-8-3-4-9-18(17)30-22)25-21(27)14-6-5-7-15(12-14)32(2,28)29/h3-9,12H,10-11,13H2,1-2H3,(H,25,27). The molecule has 1 aliphatic rings. The molecule has 164 valence electrons. The van der Waals surface area contributed by atoms with Gasteiger partial charge >= 0.3 is 0 Å². The van der Waals surface area contributed by atoms with Crippen molar-refractivity contribution < 1.29 is 13.2 Å². The molecule has 1 N–H and O–H groups in total. The van der Waals surface area contributed by atoms with Gasteiger partial charge in [-0.1, -0.05) is 18.2 Å². The summed E-state index contributed by atoms with van der Waals surface area (Å²) in [5, 5.41) is 4.71. The summed E-state index contributed by atoms with van der Waals surface area (Å²) in [6.07, 6.45) is 2.03. The SMILES string of the molecule is CN1CCc2c(sc(NC(=O)c3cccc(S(C)(=O)=O)c3)c2-c2nc3ccccc3s2)C1. The van der Waals surface area contributed by atoms with E-state index in [1.165, 1.54) is 22.6 Å². The smallest absolute Gasteiger partial charge is 0.256 e. The Bertz CT molecular complexity index is 1420. The molecule has 2 aromatic carbocycles. The van der Waals surface area contributed by atoms with Gasteiger partial charge in [-0.2, -0.15) is 0 Å². The second kappa shape index (κ2) is 8.08. The van der Waals surface area contributed by atoms with E-state index >= 15 is 0 Å². The molecule has 0 saturated heterocycles. The number of para-hydroxylation sites is 1. The molecule has 0 unspecified atom stereocenters. The summed E-state index contributed by atoms with van der Waals surface area (Å²) in [6.45, 7) is 1.78. The van der Waals surface area contributed by atoms with Gasteiger partial charge in [-0.15, -0.1) is 22.7 Å². The average Bonchev–Trinajstić information content (AvgIpc) is 3.33. The Morgan fingerprint density at radius 3 is 2.72 bits per heavy atom. The molecule has 0 radical (unpaired) electrons. The van der Waals surface area contributed by atoms with Gasteiger partial charge in [0.25, 0.3) is 5.91 Å². The van der Waals surface area contributed by atoms with Gasteiger partial charge < -0.3 is 10.2 Å². The first-order valence-electron chi connectivity index (χ1n) is 10.1. The molecular weight excluding hydrogens is 462 g/mol. The van der Waals surface area contributed by atoms with Crippen LogP contribution in [0.1, 0.15) is 20.8 Å². The van der Waals surface area contributed by atoms with E-state index in [0.29, 0.717) is 5.56 Å². The van der Waals surface area contributed by atoms with E-state index in [2.05, 4.69) is 23.3 Å². The summed E-state index contributed by atoms with van der Waals surface area (Å²) in [5.41, 5.74) is 3.49. The Morgan fingerprint density at radius 2 is 1.94 bits per heavy atom. The number of fused-ring (bicyclic) bond motifs is 2. The summed E-state index contributed by atoms with van der Waals surface area (Å²) in [4.78, 5) is 21.6. The number of nitrogens with one attached hydrogen (secondary N) is 1. The van der Waals surface area contributed by atoms with E-state index in [4.69, 9.17) is 4.98 Å². The minimum Gasteiger partial charge on any atom is -0.313 e. The number of aromatic nitrogens is 1. The lowest BCUT2D eigenvalue weighted by atomic mass is 10.0. The third-order valence-corrected chi connectivity index (χ3v) is 8.80. The van der Waals surface area contributed by atoms with Gasteiger partial charge in [0, 0.05) is 35.3 Å². The second-order valence-electron chi connectivity index (χ2n) is 7.94. The van der Waals surface area contributed by atoms with Crippen LogP contribution in [0.3, 0.4) is 0 Å². The van der Waals surface area contributed by atoms with Gasteiger partial charge in [-0.3, -0.25) is 4.79 Å². The molecule has 0 bridgehead atoms. The van der Waals surface area contributed by atoms with Crippen LogP contribution in [0.2, 0.25) is 0 Å². The molecule has 4 aromatic rings. The minimum atomic E-state index is -3.40. The summed E-state index contributed by atoms with van der Waals surface area (Å²) in [5.74, 6) is -0.329. The number of benzene rings is 2. The predicted octanol–water partition coefficient (Wildman–Crippen LogP) is 4.67. The first-order chi connectivity index (χ1) is 15.3. The molecule has 6 nitrogen and oxygen atoms in total. The van der Waals surface area contributed by atoms with E-state index < -0.39 is 9.84 Å². The van der Waals surface area contributed by atoms with Crippen molar-refractivity contribution in [2.75, 3.05) is 25.2 Å². The van der Waals surface area contributed by atoms with Crippen molar-refractivity contribution in [1.82, 2.24) is 9.88 Å². The molecule has 9 heteroatoms. The summed E-state index contributed by atoms with van der Waals surface area (Å²) in [6, 6.07) is 14.2. The van der Waals surface area contributed by atoms with E-state index in [1.807, 2.05) is 18.2 Å². The van der Waals surface area contributed by atoms with Crippen LogP contribution in [0.15, 0.2) is 53.4 Å². The number of carbonyl (C=O) groups excluding carboxylic acids is 1. The number of thiophene rings is 1. The number of hydrogen-bond donors (Lipinski definition) is 1. The Hall–Kier alpha value is -2.59. The average molecular weight is 484 g/mol. The summed E-state index contributed by atoms with van der Waals surface area (Å²) in [7, 11) is -1.31. The van der Waals surface area contributed by atoms with Crippen LogP contribution in [0.4, 0.5) is 5.00 Å². The number of anilines is 1. The van der Waals surface area contributed by atoms with E-state index in [0.717, 1.165) is 51.6 Å². The van der Waals surface area contributed by atoms with Crippen LogP contribution in [-0.4, -0.2) is 44.1 Å². The lowest BCUT2D eigenvalue weighted by Gasteiger charge is -2.22. The van der Waals surface area contributed by atoms with Gasteiger partial charge in [0.1, 0.15) is 10.0 Å². The third kappa shape index (κ3) is 3.97. The Kier molecular flexibility index (Phi) is 5.37. The maximum Gasteiger partial charge on any atom is 0.256 e. The fraction of sp³-hybridized carbons (Fsp3) is 0.217. The Labute approximate surface area is 194 Å². The molecule has 0 saturated carbocycles.